The smallest absolute Gasteiger partial charge is 0.240 e. The molecule has 176 valence electrons. The second-order valence-corrected chi connectivity index (χ2v) is 9.08. The Bertz CT molecular complexity index is 1020. The minimum absolute atomic E-state index is 0.000210. The molecule has 3 amide bonds. The molecule has 1 aromatic carbocycles. The lowest BCUT2D eigenvalue weighted by molar-refractivity contribution is -0.142. The van der Waals surface area contributed by atoms with Gasteiger partial charge in [-0.2, -0.15) is 5.10 Å². The largest absolute Gasteiger partial charge is 0.385 e. The van der Waals surface area contributed by atoms with Crippen LogP contribution in [0.2, 0.25) is 0 Å². The lowest BCUT2D eigenvalue weighted by atomic mass is 9.75. The zero-order chi connectivity index (χ0) is 23.4. The van der Waals surface area contributed by atoms with Gasteiger partial charge < -0.3 is 9.64 Å². The molecule has 1 saturated heterocycles. The summed E-state index contributed by atoms with van der Waals surface area (Å²) in [4.78, 5) is 42.7. The number of nitrogens with zero attached hydrogens (tertiary/aromatic N) is 3. The maximum atomic E-state index is 13.6. The minimum Gasteiger partial charge on any atom is -0.385 e. The number of fused-ring (bicyclic) bond motifs is 1. The number of aromatic amines is 1. The Morgan fingerprint density at radius 1 is 1.21 bits per heavy atom. The Kier molecular flexibility index (Phi) is 6.93. The molecule has 2 aromatic rings. The van der Waals surface area contributed by atoms with Crippen molar-refractivity contribution in [3.63, 3.8) is 0 Å². The van der Waals surface area contributed by atoms with Crippen molar-refractivity contribution < 1.29 is 19.1 Å². The van der Waals surface area contributed by atoms with Gasteiger partial charge in [-0.1, -0.05) is 30.3 Å². The van der Waals surface area contributed by atoms with Gasteiger partial charge in [-0.15, -0.1) is 0 Å². The van der Waals surface area contributed by atoms with Crippen LogP contribution in [0, 0.1) is 0 Å². The summed E-state index contributed by atoms with van der Waals surface area (Å²) < 4.78 is 5.08. The van der Waals surface area contributed by atoms with Crippen LogP contribution in [0.3, 0.4) is 0 Å². The highest BCUT2D eigenvalue weighted by molar-refractivity contribution is 6.10. The predicted octanol–water partition coefficient (Wildman–Crippen LogP) is 2.37. The van der Waals surface area contributed by atoms with Crippen molar-refractivity contribution in [3.05, 3.63) is 52.8 Å². The highest BCUT2D eigenvalue weighted by Gasteiger charge is 2.53. The first-order valence-electron chi connectivity index (χ1n) is 11.6. The Balaban J connectivity index is 1.55. The second kappa shape index (κ2) is 9.87. The third kappa shape index (κ3) is 4.57. The fourth-order valence-corrected chi connectivity index (χ4v) is 5.00. The number of carbonyl (C=O) groups is 3. The average molecular weight is 453 g/mol. The van der Waals surface area contributed by atoms with Gasteiger partial charge in [0.15, 0.2) is 0 Å². The number of nitrogens with one attached hydrogen (secondary N) is 1. The van der Waals surface area contributed by atoms with Crippen LogP contribution in [0.1, 0.15) is 54.6 Å². The molecule has 1 aromatic heterocycles. The number of carbonyl (C=O) groups excluding carboxylic acids is 3. The molecule has 1 aliphatic heterocycles. The van der Waals surface area contributed by atoms with Crippen LogP contribution in [-0.4, -0.2) is 65.0 Å². The summed E-state index contributed by atoms with van der Waals surface area (Å²) in [7, 11) is 3.33. The highest BCUT2D eigenvalue weighted by Crippen LogP contribution is 2.40. The van der Waals surface area contributed by atoms with E-state index in [0.29, 0.717) is 31.7 Å². The van der Waals surface area contributed by atoms with Gasteiger partial charge in [0.05, 0.1) is 17.7 Å². The van der Waals surface area contributed by atoms with Crippen LogP contribution in [0.15, 0.2) is 30.3 Å². The topological polar surface area (TPSA) is 95.6 Å². The average Bonchev–Trinajstić information content (AvgIpc) is 3.34. The minimum atomic E-state index is -1.18. The maximum Gasteiger partial charge on any atom is 0.240 e. The van der Waals surface area contributed by atoms with Gasteiger partial charge in [-0.05, 0) is 43.2 Å². The molecule has 0 spiro atoms. The molecule has 1 N–H and O–H groups in total. The van der Waals surface area contributed by atoms with Crippen molar-refractivity contribution in [2.24, 2.45) is 0 Å². The van der Waals surface area contributed by atoms with Gasteiger partial charge in [0.2, 0.25) is 17.7 Å². The summed E-state index contributed by atoms with van der Waals surface area (Å²) in [6, 6.07) is 9.21. The van der Waals surface area contributed by atoms with Crippen LogP contribution in [0.5, 0.6) is 0 Å². The number of methoxy groups -OCH3 is 1. The standard InChI is InChI=1S/C25H32N4O4/c1-28(17-21-19-11-6-7-12-20(19)26-27-21)22(30)15-25(18-9-4-3-5-10-18)16-23(31)29(24(25)32)13-8-14-33-2/h3-5,9-10H,6-8,11-17H2,1-2H3,(H,26,27). The van der Waals surface area contributed by atoms with Crippen LogP contribution < -0.4 is 0 Å². The number of rotatable bonds is 9. The summed E-state index contributed by atoms with van der Waals surface area (Å²) in [5, 5.41) is 7.56. The lowest BCUT2D eigenvalue weighted by Gasteiger charge is -2.29. The fourth-order valence-electron chi connectivity index (χ4n) is 5.00. The van der Waals surface area contributed by atoms with E-state index in [1.807, 2.05) is 30.3 Å². The normalized spacial score (nSPS) is 20.2. The van der Waals surface area contributed by atoms with E-state index in [2.05, 4.69) is 10.2 Å². The van der Waals surface area contributed by atoms with E-state index in [9.17, 15) is 14.4 Å². The van der Waals surface area contributed by atoms with E-state index >= 15 is 0 Å². The van der Waals surface area contributed by atoms with Crippen LogP contribution in [-0.2, 0) is 43.9 Å². The third-order valence-electron chi connectivity index (χ3n) is 6.87. The van der Waals surface area contributed by atoms with Crippen molar-refractivity contribution in [2.45, 2.75) is 56.9 Å². The number of aromatic nitrogens is 2. The number of imide groups is 1. The SMILES string of the molecule is COCCCN1C(=O)CC(CC(=O)N(C)Cc2n[nH]c3c2CCCC3)(c2ccccc2)C1=O. The zero-order valence-corrected chi connectivity index (χ0v) is 19.4. The Morgan fingerprint density at radius 3 is 2.73 bits per heavy atom. The molecule has 2 aliphatic rings. The Morgan fingerprint density at radius 2 is 1.97 bits per heavy atom. The third-order valence-corrected chi connectivity index (χ3v) is 6.87. The molecule has 1 unspecified atom stereocenters. The van der Waals surface area contributed by atoms with Gasteiger partial charge in [0, 0.05) is 45.8 Å². The first-order valence-corrected chi connectivity index (χ1v) is 11.6. The molecule has 0 saturated carbocycles. The van der Waals surface area contributed by atoms with E-state index in [-0.39, 0.29) is 30.6 Å². The molecular formula is C25H32N4O4. The fraction of sp³-hybridized carbons (Fsp3) is 0.520. The van der Waals surface area contributed by atoms with E-state index in [1.165, 1.54) is 16.2 Å². The number of amides is 3. The van der Waals surface area contributed by atoms with Gasteiger partial charge >= 0.3 is 0 Å². The lowest BCUT2D eigenvalue weighted by Crippen LogP contribution is -2.43. The summed E-state index contributed by atoms with van der Waals surface area (Å²) >= 11 is 0. The molecular weight excluding hydrogens is 420 g/mol. The molecule has 2 heterocycles. The molecule has 0 radical (unpaired) electrons. The van der Waals surface area contributed by atoms with Crippen molar-refractivity contribution >= 4 is 17.7 Å². The quantitative estimate of drug-likeness (QED) is 0.466. The molecule has 1 atom stereocenters. The van der Waals surface area contributed by atoms with E-state index in [0.717, 1.165) is 31.4 Å². The molecule has 4 rings (SSSR count). The van der Waals surface area contributed by atoms with Crippen molar-refractivity contribution in [1.82, 2.24) is 20.0 Å². The van der Waals surface area contributed by atoms with E-state index < -0.39 is 5.41 Å². The summed E-state index contributed by atoms with van der Waals surface area (Å²) in [6.45, 7) is 1.14. The predicted molar refractivity (Wildman–Crippen MR) is 122 cm³/mol. The van der Waals surface area contributed by atoms with Crippen LogP contribution >= 0.6 is 0 Å². The van der Waals surface area contributed by atoms with Crippen molar-refractivity contribution in [3.8, 4) is 0 Å². The number of aryl methyl sites for hydroxylation is 1. The molecule has 8 nitrogen and oxygen atoms in total. The number of benzene rings is 1. The maximum absolute atomic E-state index is 13.6. The summed E-state index contributed by atoms with van der Waals surface area (Å²) in [6.07, 6.45) is 4.76. The molecule has 1 fully saturated rings. The molecule has 8 heteroatoms. The number of ether oxygens (including phenoxy) is 1. The number of likely N-dealkylation sites (tertiary alicyclic amines) is 1. The highest BCUT2D eigenvalue weighted by atomic mass is 16.5. The van der Waals surface area contributed by atoms with Crippen LogP contribution in [0.25, 0.3) is 0 Å². The second-order valence-electron chi connectivity index (χ2n) is 9.08. The molecule has 0 bridgehead atoms. The molecule has 33 heavy (non-hydrogen) atoms. The number of H-pyrrole nitrogens is 1. The van der Waals surface area contributed by atoms with Crippen molar-refractivity contribution in [2.75, 3.05) is 27.3 Å². The van der Waals surface area contributed by atoms with Gasteiger partial charge in [-0.3, -0.25) is 24.4 Å². The molecule has 1 aliphatic carbocycles. The van der Waals surface area contributed by atoms with Gasteiger partial charge in [0.25, 0.3) is 0 Å². The Labute approximate surface area is 194 Å². The van der Waals surface area contributed by atoms with E-state index in [4.69, 9.17) is 4.74 Å². The first-order chi connectivity index (χ1) is 16.0. The summed E-state index contributed by atoms with van der Waals surface area (Å²) in [5.41, 5.74) is 2.80. The van der Waals surface area contributed by atoms with Gasteiger partial charge in [-0.25, -0.2) is 0 Å². The van der Waals surface area contributed by atoms with Gasteiger partial charge in [0.1, 0.15) is 0 Å². The monoisotopic (exact) mass is 452 g/mol. The Hall–Kier alpha value is -3.00. The first kappa shape index (κ1) is 23.2. The van der Waals surface area contributed by atoms with E-state index in [1.54, 1.807) is 19.1 Å². The zero-order valence-electron chi connectivity index (χ0n) is 19.4. The van der Waals surface area contributed by atoms with Crippen molar-refractivity contribution in [1.29, 1.82) is 0 Å². The number of hydrogen-bond donors (Lipinski definition) is 1. The number of hydrogen-bond acceptors (Lipinski definition) is 5. The summed E-state index contributed by atoms with van der Waals surface area (Å²) in [5.74, 6) is -0.711. The van der Waals surface area contributed by atoms with Crippen LogP contribution in [0.4, 0.5) is 0 Å².